The van der Waals surface area contributed by atoms with Crippen LogP contribution in [0.4, 0.5) is 0 Å². The van der Waals surface area contributed by atoms with Crippen molar-refractivity contribution in [3.05, 3.63) is 0 Å². The monoisotopic (exact) mass is 198 g/mol. The second-order valence-corrected chi connectivity index (χ2v) is 5.44. The molecule has 1 rings (SSSR count). The Balaban J connectivity index is 2.34. The van der Waals surface area contributed by atoms with Crippen LogP contribution in [0.1, 0.15) is 40.5 Å². The number of hydrogen-bond donors (Lipinski definition) is 2. The average molecular weight is 198 g/mol. The summed E-state index contributed by atoms with van der Waals surface area (Å²) in [7, 11) is 0. The molecule has 1 fully saturated rings. The molecule has 0 aromatic carbocycles. The number of amides is 1. The van der Waals surface area contributed by atoms with Crippen LogP contribution < -0.4 is 10.6 Å². The van der Waals surface area contributed by atoms with Crippen molar-refractivity contribution >= 4 is 5.91 Å². The summed E-state index contributed by atoms with van der Waals surface area (Å²) in [5.41, 5.74) is 0.307. The van der Waals surface area contributed by atoms with Crippen molar-refractivity contribution in [3.63, 3.8) is 0 Å². The summed E-state index contributed by atoms with van der Waals surface area (Å²) in [5, 5.41) is 6.48. The number of carbonyl (C=O) groups excluding carboxylic acids is 1. The number of rotatable bonds is 2. The molecule has 2 unspecified atom stereocenters. The smallest absolute Gasteiger partial charge is 0.220 e. The van der Waals surface area contributed by atoms with E-state index in [0.717, 1.165) is 13.0 Å². The predicted molar refractivity (Wildman–Crippen MR) is 58.1 cm³/mol. The molecule has 2 N–H and O–H groups in total. The van der Waals surface area contributed by atoms with E-state index in [2.05, 4.69) is 38.3 Å². The van der Waals surface area contributed by atoms with Gasteiger partial charge in [-0.15, -0.1) is 0 Å². The minimum atomic E-state index is 0.186. The fourth-order valence-electron chi connectivity index (χ4n) is 1.68. The third-order valence-electron chi connectivity index (χ3n) is 2.57. The van der Waals surface area contributed by atoms with Crippen LogP contribution in [-0.4, -0.2) is 24.5 Å². The van der Waals surface area contributed by atoms with Crippen molar-refractivity contribution in [2.75, 3.05) is 6.54 Å². The number of hydrogen-bond acceptors (Lipinski definition) is 2. The Kier molecular flexibility index (Phi) is 3.53. The maximum atomic E-state index is 11.1. The Bertz CT molecular complexity index is 208. The molecule has 0 aromatic rings. The number of nitrogens with one attached hydrogen (secondary N) is 2. The molecule has 3 nitrogen and oxygen atoms in total. The van der Waals surface area contributed by atoms with E-state index in [4.69, 9.17) is 0 Å². The third kappa shape index (κ3) is 3.66. The van der Waals surface area contributed by atoms with Gasteiger partial charge in [-0.2, -0.15) is 0 Å². The largest absolute Gasteiger partial charge is 0.352 e. The highest BCUT2D eigenvalue weighted by Gasteiger charge is 2.25. The van der Waals surface area contributed by atoms with Crippen LogP contribution in [0.15, 0.2) is 0 Å². The van der Waals surface area contributed by atoms with Gasteiger partial charge in [-0.3, -0.25) is 4.79 Å². The predicted octanol–water partition coefficient (Wildman–Crippen LogP) is 1.29. The summed E-state index contributed by atoms with van der Waals surface area (Å²) in [6, 6.07) is 0.700. The van der Waals surface area contributed by atoms with Gasteiger partial charge in [-0.05, 0) is 18.8 Å². The lowest BCUT2D eigenvalue weighted by molar-refractivity contribution is -0.123. The van der Waals surface area contributed by atoms with Gasteiger partial charge in [-0.25, -0.2) is 0 Å². The van der Waals surface area contributed by atoms with Crippen molar-refractivity contribution in [1.82, 2.24) is 10.6 Å². The van der Waals surface area contributed by atoms with Gasteiger partial charge >= 0.3 is 0 Å². The second-order valence-electron chi connectivity index (χ2n) is 5.44. The molecule has 0 spiro atoms. The van der Waals surface area contributed by atoms with E-state index in [1.54, 1.807) is 0 Å². The van der Waals surface area contributed by atoms with E-state index in [0.29, 0.717) is 17.9 Å². The highest BCUT2D eigenvalue weighted by molar-refractivity contribution is 5.77. The van der Waals surface area contributed by atoms with E-state index in [1.807, 2.05) is 0 Å². The molecule has 1 aliphatic rings. The fourth-order valence-corrected chi connectivity index (χ4v) is 1.68. The van der Waals surface area contributed by atoms with Crippen molar-refractivity contribution in [2.45, 2.75) is 52.6 Å². The molecule has 1 aliphatic heterocycles. The van der Waals surface area contributed by atoms with E-state index >= 15 is 0 Å². The molecule has 0 aromatic heterocycles. The minimum Gasteiger partial charge on any atom is -0.352 e. The van der Waals surface area contributed by atoms with Crippen LogP contribution in [0.3, 0.4) is 0 Å². The summed E-state index contributed by atoms with van der Waals surface area (Å²) in [6.45, 7) is 9.71. The van der Waals surface area contributed by atoms with E-state index < -0.39 is 0 Å². The van der Waals surface area contributed by atoms with Gasteiger partial charge in [0.2, 0.25) is 5.91 Å². The van der Waals surface area contributed by atoms with Crippen LogP contribution >= 0.6 is 0 Å². The van der Waals surface area contributed by atoms with Crippen molar-refractivity contribution < 1.29 is 4.79 Å². The van der Waals surface area contributed by atoms with Gasteiger partial charge in [0.25, 0.3) is 0 Å². The molecule has 2 atom stereocenters. The molecule has 1 saturated heterocycles. The van der Waals surface area contributed by atoms with Crippen molar-refractivity contribution in [2.24, 2.45) is 5.41 Å². The standard InChI is InChI=1S/C11H22N2O/c1-8-9(5-6-10(14)13-8)12-7-11(2,3)4/h8-9,12H,5-7H2,1-4H3,(H,13,14). The number of carbonyl (C=O) groups is 1. The first-order chi connectivity index (χ1) is 6.38. The van der Waals surface area contributed by atoms with Crippen molar-refractivity contribution in [3.8, 4) is 0 Å². The van der Waals surface area contributed by atoms with Gasteiger partial charge in [0.15, 0.2) is 0 Å². The Labute approximate surface area is 86.6 Å². The fraction of sp³-hybridized carbons (Fsp3) is 0.909. The van der Waals surface area contributed by atoms with E-state index in [9.17, 15) is 4.79 Å². The van der Waals surface area contributed by atoms with Gasteiger partial charge in [-0.1, -0.05) is 20.8 Å². The maximum absolute atomic E-state index is 11.1. The summed E-state index contributed by atoms with van der Waals surface area (Å²) in [4.78, 5) is 11.1. The van der Waals surface area contributed by atoms with Crippen molar-refractivity contribution in [1.29, 1.82) is 0 Å². The zero-order valence-electron chi connectivity index (χ0n) is 9.68. The normalized spacial score (nSPS) is 28.7. The highest BCUT2D eigenvalue weighted by Crippen LogP contribution is 2.14. The zero-order chi connectivity index (χ0) is 10.8. The van der Waals surface area contributed by atoms with Gasteiger partial charge in [0, 0.05) is 25.0 Å². The Morgan fingerprint density at radius 1 is 1.50 bits per heavy atom. The van der Waals surface area contributed by atoms with E-state index in [-0.39, 0.29) is 11.9 Å². The summed E-state index contributed by atoms with van der Waals surface area (Å²) in [5.74, 6) is 0.186. The molecular weight excluding hydrogens is 176 g/mol. The van der Waals surface area contributed by atoms with Crippen LogP contribution in [0.2, 0.25) is 0 Å². The first-order valence-corrected chi connectivity index (χ1v) is 5.41. The molecule has 0 radical (unpaired) electrons. The molecule has 0 saturated carbocycles. The second kappa shape index (κ2) is 4.30. The maximum Gasteiger partial charge on any atom is 0.220 e. The van der Waals surface area contributed by atoms with Gasteiger partial charge in [0.1, 0.15) is 0 Å². The van der Waals surface area contributed by atoms with Crippen LogP contribution in [0.25, 0.3) is 0 Å². The Hall–Kier alpha value is -0.570. The minimum absolute atomic E-state index is 0.186. The molecular formula is C11H22N2O. The summed E-state index contributed by atoms with van der Waals surface area (Å²) < 4.78 is 0. The molecule has 1 amide bonds. The summed E-state index contributed by atoms with van der Waals surface area (Å²) >= 11 is 0. The topological polar surface area (TPSA) is 41.1 Å². The summed E-state index contributed by atoms with van der Waals surface area (Å²) in [6.07, 6.45) is 1.62. The first kappa shape index (κ1) is 11.5. The zero-order valence-corrected chi connectivity index (χ0v) is 9.68. The lowest BCUT2D eigenvalue weighted by atomic mass is 9.94. The Morgan fingerprint density at radius 2 is 2.14 bits per heavy atom. The molecule has 0 aliphatic carbocycles. The quantitative estimate of drug-likeness (QED) is 0.702. The molecule has 82 valence electrons. The highest BCUT2D eigenvalue weighted by atomic mass is 16.1. The molecule has 1 heterocycles. The molecule has 14 heavy (non-hydrogen) atoms. The average Bonchev–Trinajstić information content (AvgIpc) is 2.00. The SMILES string of the molecule is CC1NC(=O)CCC1NCC(C)(C)C. The lowest BCUT2D eigenvalue weighted by Gasteiger charge is -2.32. The Morgan fingerprint density at radius 3 is 2.64 bits per heavy atom. The van der Waals surface area contributed by atoms with Crippen LogP contribution in [-0.2, 0) is 4.79 Å². The van der Waals surface area contributed by atoms with E-state index in [1.165, 1.54) is 0 Å². The molecule has 3 heteroatoms. The number of piperidine rings is 1. The van der Waals surface area contributed by atoms with Gasteiger partial charge < -0.3 is 10.6 Å². The third-order valence-corrected chi connectivity index (χ3v) is 2.57. The molecule has 0 bridgehead atoms. The van der Waals surface area contributed by atoms with Crippen LogP contribution in [0, 0.1) is 5.41 Å². The van der Waals surface area contributed by atoms with Gasteiger partial charge in [0.05, 0.1) is 0 Å². The lowest BCUT2D eigenvalue weighted by Crippen LogP contribution is -2.53. The van der Waals surface area contributed by atoms with Crippen LogP contribution in [0.5, 0.6) is 0 Å². The first-order valence-electron chi connectivity index (χ1n) is 5.41.